The number of nitrogens with zero attached hydrogens (tertiary/aromatic N) is 2. The van der Waals surface area contributed by atoms with Gasteiger partial charge in [0, 0.05) is 25.8 Å². The Kier molecular flexibility index (Phi) is 3.51. The summed E-state index contributed by atoms with van der Waals surface area (Å²) in [5.41, 5.74) is 1.55. The molecule has 0 radical (unpaired) electrons. The number of carbonyl (C=O) groups is 1. The zero-order chi connectivity index (χ0) is 15.2. The maximum Gasteiger partial charge on any atom is 0.243 e. The van der Waals surface area contributed by atoms with E-state index in [9.17, 15) is 13.2 Å². The second-order valence-electron chi connectivity index (χ2n) is 5.46. The molecule has 6 nitrogen and oxygen atoms in total. The molecule has 21 heavy (non-hydrogen) atoms. The molecule has 0 spiro atoms. The van der Waals surface area contributed by atoms with Gasteiger partial charge in [0.1, 0.15) is 0 Å². The molecule has 2 heterocycles. The molecule has 0 unspecified atom stereocenters. The summed E-state index contributed by atoms with van der Waals surface area (Å²) in [7, 11) is -1.83. The van der Waals surface area contributed by atoms with Crippen molar-refractivity contribution in [3.05, 3.63) is 23.8 Å². The molecule has 1 fully saturated rings. The van der Waals surface area contributed by atoms with Gasteiger partial charge in [-0.1, -0.05) is 0 Å². The lowest BCUT2D eigenvalue weighted by Gasteiger charge is -2.30. The number of carbonyl (C=O) groups excluding carboxylic acids is 1. The number of morpholine rings is 1. The maximum atomic E-state index is 12.7. The molecule has 1 aromatic carbocycles. The van der Waals surface area contributed by atoms with Crippen LogP contribution >= 0.6 is 0 Å². The number of benzene rings is 1. The summed E-state index contributed by atoms with van der Waals surface area (Å²) >= 11 is 0. The van der Waals surface area contributed by atoms with Crippen LogP contribution in [0, 0.1) is 0 Å². The Hall–Kier alpha value is -1.44. The smallest absolute Gasteiger partial charge is 0.243 e. The van der Waals surface area contributed by atoms with Crippen LogP contribution in [0.2, 0.25) is 0 Å². The second kappa shape index (κ2) is 5.08. The third kappa shape index (κ3) is 2.45. The molecular weight excluding hydrogens is 292 g/mol. The molecule has 114 valence electrons. The molecule has 1 atom stereocenters. The lowest BCUT2D eigenvalue weighted by atomic mass is 10.2. The first-order chi connectivity index (χ1) is 9.89. The molecule has 2 aliphatic heterocycles. The first kappa shape index (κ1) is 14.5. The summed E-state index contributed by atoms with van der Waals surface area (Å²) < 4.78 is 32.2. The van der Waals surface area contributed by atoms with Crippen LogP contribution in [-0.4, -0.2) is 51.5 Å². The first-order valence-corrected chi connectivity index (χ1v) is 8.35. The Morgan fingerprint density at radius 1 is 1.33 bits per heavy atom. The predicted octanol–water partition coefficient (Wildman–Crippen LogP) is 0.615. The van der Waals surface area contributed by atoms with Crippen LogP contribution < -0.4 is 4.90 Å². The third-order valence-electron chi connectivity index (χ3n) is 3.97. The van der Waals surface area contributed by atoms with E-state index in [0.717, 1.165) is 11.3 Å². The first-order valence-electron chi connectivity index (χ1n) is 6.91. The van der Waals surface area contributed by atoms with Crippen molar-refractivity contribution in [1.29, 1.82) is 0 Å². The SMILES string of the molecule is C[C@H]1CN(S(=O)(=O)c2ccc3c(c2)CC(=O)N3C)CCO1. The topological polar surface area (TPSA) is 66.9 Å². The molecule has 1 saturated heterocycles. The molecule has 1 amide bonds. The number of fused-ring (bicyclic) bond motifs is 1. The van der Waals surface area contributed by atoms with Gasteiger partial charge in [-0.3, -0.25) is 4.79 Å². The van der Waals surface area contributed by atoms with E-state index in [4.69, 9.17) is 4.74 Å². The average Bonchev–Trinajstić information content (AvgIpc) is 2.73. The highest BCUT2D eigenvalue weighted by Gasteiger charge is 2.31. The summed E-state index contributed by atoms with van der Waals surface area (Å²) in [4.78, 5) is 13.5. The van der Waals surface area contributed by atoms with E-state index in [1.165, 1.54) is 4.31 Å². The molecule has 3 rings (SSSR count). The lowest BCUT2D eigenvalue weighted by molar-refractivity contribution is -0.117. The second-order valence-corrected chi connectivity index (χ2v) is 7.40. The van der Waals surface area contributed by atoms with Gasteiger partial charge >= 0.3 is 0 Å². The zero-order valence-electron chi connectivity index (χ0n) is 12.1. The number of rotatable bonds is 2. The van der Waals surface area contributed by atoms with E-state index >= 15 is 0 Å². The van der Waals surface area contributed by atoms with Crippen LogP contribution in [-0.2, 0) is 26.0 Å². The van der Waals surface area contributed by atoms with Crippen LogP contribution in [0.15, 0.2) is 23.1 Å². The minimum atomic E-state index is -3.53. The Morgan fingerprint density at radius 3 is 2.81 bits per heavy atom. The molecular formula is C14H18N2O4S. The maximum absolute atomic E-state index is 12.7. The van der Waals surface area contributed by atoms with Gasteiger partial charge in [0.2, 0.25) is 15.9 Å². The van der Waals surface area contributed by atoms with Crippen molar-refractivity contribution in [1.82, 2.24) is 4.31 Å². The van der Waals surface area contributed by atoms with Gasteiger partial charge < -0.3 is 9.64 Å². The molecule has 2 aliphatic rings. The summed E-state index contributed by atoms with van der Waals surface area (Å²) in [6.07, 6.45) is 0.157. The number of likely N-dealkylation sites (N-methyl/N-ethyl adjacent to an activating group) is 1. The zero-order valence-corrected chi connectivity index (χ0v) is 12.9. The molecule has 0 bridgehead atoms. The van der Waals surface area contributed by atoms with Crippen LogP contribution in [0.1, 0.15) is 12.5 Å². The van der Waals surface area contributed by atoms with Gasteiger partial charge in [0.15, 0.2) is 0 Å². The molecule has 0 saturated carbocycles. The quantitative estimate of drug-likeness (QED) is 0.803. The molecule has 0 aromatic heterocycles. The molecule has 0 N–H and O–H groups in total. The van der Waals surface area contributed by atoms with Gasteiger partial charge in [0.25, 0.3) is 0 Å². The van der Waals surface area contributed by atoms with Crippen molar-refractivity contribution in [2.75, 3.05) is 31.6 Å². The van der Waals surface area contributed by atoms with Crippen LogP contribution in [0.3, 0.4) is 0 Å². The minimum absolute atomic E-state index is 0.0143. The molecule has 1 aromatic rings. The molecule has 7 heteroatoms. The van der Waals surface area contributed by atoms with Gasteiger partial charge in [0.05, 0.1) is 24.0 Å². The highest BCUT2D eigenvalue weighted by Crippen LogP contribution is 2.31. The highest BCUT2D eigenvalue weighted by molar-refractivity contribution is 7.89. The Bertz CT molecular complexity index is 686. The van der Waals surface area contributed by atoms with Crippen LogP contribution in [0.4, 0.5) is 5.69 Å². The van der Waals surface area contributed by atoms with E-state index in [1.54, 1.807) is 30.1 Å². The lowest BCUT2D eigenvalue weighted by Crippen LogP contribution is -2.44. The van der Waals surface area contributed by atoms with Crippen molar-refractivity contribution < 1.29 is 17.9 Å². The van der Waals surface area contributed by atoms with E-state index in [1.807, 2.05) is 6.92 Å². The summed E-state index contributed by atoms with van der Waals surface area (Å²) in [6, 6.07) is 4.90. The Balaban J connectivity index is 1.94. The number of amides is 1. The number of sulfonamides is 1. The minimum Gasteiger partial charge on any atom is -0.376 e. The number of anilines is 1. The Labute approximate surface area is 124 Å². The van der Waals surface area contributed by atoms with E-state index in [-0.39, 0.29) is 23.3 Å². The van der Waals surface area contributed by atoms with Crippen molar-refractivity contribution in [3.8, 4) is 0 Å². The number of ether oxygens (including phenoxy) is 1. The van der Waals surface area contributed by atoms with Crippen molar-refractivity contribution >= 4 is 21.6 Å². The normalized spacial score (nSPS) is 23.4. The standard InChI is InChI=1S/C14H18N2O4S/c1-10-9-16(5-6-20-10)21(18,19)12-3-4-13-11(7-12)8-14(17)15(13)2/h3-4,7,10H,5-6,8-9H2,1-2H3/t10-/m0/s1. The van der Waals surface area contributed by atoms with Gasteiger partial charge in [-0.15, -0.1) is 0 Å². The van der Waals surface area contributed by atoms with Crippen molar-refractivity contribution in [2.45, 2.75) is 24.3 Å². The number of hydrogen-bond donors (Lipinski definition) is 0. The van der Waals surface area contributed by atoms with Crippen molar-refractivity contribution in [3.63, 3.8) is 0 Å². The van der Waals surface area contributed by atoms with Crippen molar-refractivity contribution in [2.24, 2.45) is 0 Å². The van der Waals surface area contributed by atoms with Gasteiger partial charge in [-0.2, -0.15) is 4.31 Å². The predicted molar refractivity (Wildman–Crippen MR) is 77.7 cm³/mol. The van der Waals surface area contributed by atoms with E-state index in [0.29, 0.717) is 19.7 Å². The van der Waals surface area contributed by atoms with E-state index in [2.05, 4.69) is 0 Å². The number of hydrogen-bond acceptors (Lipinski definition) is 4. The fourth-order valence-electron chi connectivity index (χ4n) is 2.76. The van der Waals surface area contributed by atoms with Gasteiger partial charge in [-0.05, 0) is 30.7 Å². The summed E-state index contributed by atoms with van der Waals surface area (Å²) in [5, 5.41) is 0. The molecule has 0 aliphatic carbocycles. The summed E-state index contributed by atoms with van der Waals surface area (Å²) in [5.74, 6) is -0.0143. The fourth-order valence-corrected chi connectivity index (χ4v) is 4.31. The third-order valence-corrected chi connectivity index (χ3v) is 5.83. The van der Waals surface area contributed by atoms with Crippen LogP contribution in [0.5, 0.6) is 0 Å². The fraction of sp³-hybridized carbons (Fsp3) is 0.500. The van der Waals surface area contributed by atoms with Crippen LogP contribution in [0.25, 0.3) is 0 Å². The summed E-state index contributed by atoms with van der Waals surface area (Å²) in [6.45, 7) is 2.99. The largest absolute Gasteiger partial charge is 0.376 e. The van der Waals surface area contributed by atoms with E-state index < -0.39 is 10.0 Å². The average molecular weight is 310 g/mol. The monoisotopic (exact) mass is 310 g/mol. The Morgan fingerprint density at radius 2 is 2.10 bits per heavy atom. The highest BCUT2D eigenvalue weighted by atomic mass is 32.2. The van der Waals surface area contributed by atoms with Gasteiger partial charge in [-0.25, -0.2) is 8.42 Å².